The second kappa shape index (κ2) is 17.1. The van der Waals surface area contributed by atoms with Crippen LogP contribution >= 0.6 is 11.6 Å². The predicted octanol–water partition coefficient (Wildman–Crippen LogP) is 3.53. The number of aromatic nitrogens is 5. The van der Waals surface area contributed by atoms with Crippen LogP contribution in [0.15, 0.2) is 73.1 Å². The van der Waals surface area contributed by atoms with E-state index < -0.39 is 41.5 Å². The number of nitrogens with one attached hydrogen (secondary N) is 1. The summed E-state index contributed by atoms with van der Waals surface area (Å²) >= 11 is 6.33. The Balaban J connectivity index is 1.04. The van der Waals surface area contributed by atoms with E-state index >= 15 is 0 Å². The molecule has 3 aliphatic rings. The van der Waals surface area contributed by atoms with Crippen LogP contribution in [0.1, 0.15) is 41.7 Å². The van der Waals surface area contributed by atoms with Crippen LogP contribution in [0.25, 0.3) is 16.6 Å². The summed E-state index contributed by atoms with van der Waals surface area (Å²) < 4.78 is 7.48. The van der Waals surface area contributed by atoms with Gasteiger partial charge in [0.05, 0.1) is 29.5 Å². The van der Waals surface area contributed by atoms with Gasteiger partial charge in [-0.3, -0.25) is 24.1 Å². The molecule has 3 N–H and O–H groups in total. The van der Waals surface area contributed by atoms with Gasteiger partial charge >= 0.3 is 23.9 Å². The Kier molecular flexibility index (Phi) is 11.5. The van der Waals surface area contributed by atoms with E-state index in [1.165, 1.54) is 51.1 Å². The number of fused-ring (bicyclic) bond motifs is 1. The maximum atomic E-state index is 14.3. The van der Waals surface area contributed by atoms with Crippen LogP contribution in [0, 0.1) is 0 Å². The van der Waals surface area contributed by atoms with Crippen molar-refractivity contribution in [1.29, 1.82) is 0 Å². The van der Waals surface area contributed by atoms with Crippen molar-refractivity contribution in [2.24, 2.45) is 0 Å². The Hall–Kier alpha value is -6.70. The first-order chi connectivity index (χ1) is 29.4. The van der Waals surface area contributed by atoms with Gasteiger partial charge in [0.1, 0.15) is 18.1 Å². The zero-order valence-corrected chi connectivity index (χ0v) is 33.6. The van der Waals surface area contributed by atoms with Gasteiger partial charge in [-0.25, -0.2) is 14.2 Å². The van der Waals surface area contributed by atoms with Crippen molar-refractivity contribution in [1.82, 2.24) is 34.6 Å². The normalized spacial score (nSPS) is 19.4. The molecule has 2 saturated heterocycles. The largest absolute Gasteiger partial charge is 0.477 e. The third-order valence-electron chi connectivity index (χ3n) is 11.7. The van der Waals surface area contributed by atoms with E-state index in [-0.39, 0.29) is 53.8 Å². The molecule has 2 aliphatic heterocycles. The molecule has 3 fully saturated rings. The van der Waals surface area contributed by atoms with Crippen molar-refractivity contribution in [2.75, 3.05) is 55.0 Å². The quantitative estimate of drug-likeness (QED) is 0.162. The maximum Gasteiger partial charge on any atom is 0.416 e. The van der Waals surface area contributed by atoms with Crippen molar-refractivity contribution in [3.8, 4) is 5.69 Å². The number of piperazine rings is 2. The highest BCUT2D eigenvalue weighted by atomic mass is 35.5. The third-order valence-corrected chi connectivity index (χ3v) is 11.9. The second-order valence-electron chi connectivity index (χ2n) is 15.1. The minimum atomic E-state index is -1.49. The molecular weight excluding hydrogens is 812 g/mol. The van der Waals surface area contributed by atoms with Crippen molar-refractivity contribution < 1.29 is 43.7 Å². The molecule has 0 bridgehead atoms. The Morgan fingerprint density at radius 3 is 2.30 bits per heavy atom. The first kappa shape index (κ1) is 41.1. The third kappa shape index (κ3) is 8.26. The number of benzene rings is 3. The monoisotopic (exact) mass is 852 g/mol. The van der Waals surface area contributed by atoms with Crippen LogP contribution in [0.2, 0.25) is 5.02 Å². The number of tetrazole rings is 1. The zero-order valence-electron chi connectivity index (χ0n) is 32.9. The number of carbonyl (C=O) groups is 6. The number of hydrogen-bond acceptors (Lipinski definition) is 11. The van der Waals surface area contributed by atoms with Crippen LogP contribution in [-0.4, -0.2) is 138 Å². The fourth-order valence-corrected chi connectivity index (χ4v) is 8.70. The van der Waals surface area contributed by atoms with E-state index in [9.17, 15) is 39.0 Å². The zero-order chi connectivity index (χ0) is 42.9. The predicted molar refractivity (Wildman–Crippen MR) is 220 cm³/mol. The lowest BCUT2D eigenvalue weighted by molar-refractivity contribution is -0.149. The highest BCUT2D eigenvalue weighted by Crippen LogP contribution is 2.32. The maximum absolute atomic E-state index is 14.3. The van der Waals surface area contributed by atoms with E-state index in [2.05, 4.69) is 25.7 Å². The molecule has 8 rings (SSSR count). The number of carboxylic acids is 1. The molecule has 61 heavy (non-hydrogen) atoms. The molecule has 2 aromatic heterocycles. The van der Waals surface area contributed by atoms with Crippen LogP contribution in [0.4, 0.5) is 21.9 Å². The summed E-state index contributed by atoms with van der Waals surface area (Å²) in [5.74, 6) is -3.99. The summed E-state index contributed by atoms with van der Waals surface area (Å²) in [4.78, 5) is 86.0. The van der Waals surface area contributed by atoms with Crippen molar-refractivity contribution in [3.05, 3.63) is 89.3 Å². The molecule has 5 aromatic rings. The van der Waals surface area contributed by atoms with E-state index in [0.717, 1.165) is 32.2 Å². The number of halogens is 1. The molecule has 0 radical (unpaired) electrons. The summed E-state index contributed by atoms with van der Waals surface area (Å²) in [7, 11) is 1.74. The number of aromatic carboxylic acids is 1. The van der Waals surface area contributed by atoms with E-state index in [1.807, 2.05) is 0 Å². The van der Waals surface area contributed by atoms with E-state index in [4.69, 9.17) is 16.3 Å². The number of amides is 4. The van der Waals surface area contributed by atoms with Gasteiger partial charge < -0.3 is 35.0 Å². The minimum Gasteiger partial charge on any atom is -0.477 e. The molecule has 1 atom stereocenters. The van der Waals surface area contributed by atoms with Crippen LogP contribution < -0.4 is 15.1 Å². The number of carbonyl (C=O) groups excluding carboxylic acids is 4. The average molecular weight is 853 g/mol. The first-order valence-corrected chi connectivity index (χ1v) is 20.0. The molecule has 3 aromatic carbocycles. The first-order valence-electron chi connectivity index (χ1n) is 19.6. The van der Waals surface area contributed by atoms with Crippen molar-refractivity contribution in [2.45, 2.75) is 50.3 Å². The highest BCUT2D eigenvalue weighted by molar-refractivity contribution is 6.41. The molecule has 1 saturated carbocycles. The molecule has 0 spiro atoms. The Morgan fingerprint density at radius 1 is 0.869 bits per heavy atom. The SMILES string of the molecule is COC1CCC(N2CCN(c3ccc(C[C@@H](C(=O)Nc4ccc5c(c4)cc(C(=O)O)n5C(=O)O)N4CCN(c5cc(Cl)ccc5-n5cnnn5)C(=O)C4=O)cc3)C(=O)C2)CC1. The fraction of sp³-hybridized carbons (Fsp3) is 0.341. The fourth-order valence-electron chi connectivity index (χ4n) is 8.54. The minimum absolute atomic E-state index is 0.0128. The lowest BCUT2D eigenvalue weighted by Gasteiger charge is -2.41. The van der Waals surface area contributed by atoms with Gasteiger partial charge in [0.2, 0.25) is 11.8 Å². The van der Waals surface area contributed by atoms with Gasteiger partial charge in [-0.15, -0.1) is 5.10 Å². The van der Waals surface area contributed by atoms with E-state index in [0.29, 0.717) is 45.7 Å². The lowest BCUT2D eigenvalue weighted by atomic mass is 9.91. The molecule has 4 heterocycles. The Morgan fingerprint density at radius 2 is 1.62 bits per heavy atom. The topological polar surface area (TPSA) is 226 Å². The molecule has 20 heteroatoms. The standard InChI is InChI=1S/C41H41ClN10O9/c1-61-30-10-8-28(9-11-30)47-14-15-48(36(53)22-47)29-6-2-24(3-7-29)18-34(37(54)44-27-5-13-31-25(19-27)20-35(40(57)58)52(31)41(59)60)50-17-16-49(38(55)39(50)56)33-21-26(42)4-12-32(33)51-23-43-45-46-51/h2-7,12-13,19-21,23,28,30,34H,8-11,14-18,22H2,1H3,(H,44,54)(H,57,58)(H,59,60)/t28?,30?,34-/m0/s1. The van der Waals surface area contributed by atoms with Gasteiger partial charge in [0.25, 0.3) is 0 Å². The van der Waals surface area contributed by atoms with Gasteiger partial charge in [0, 0.05) is 67.5 Å². The van der Waals surface area contributed by atoms with Crippen LogP contribution in [0.5, 0.6) is 0 Å². The van der Waals surface area contributed by atoms with E-state index in [1.54, 1.807) is 48.4 Å². The number of rotatable bonds is 11. The summed E-state index contributed by atoms with van der Waals surface area (Å²) in [6.45, 7) is 1.49. The number of anilines is 3. The Labute approximate surface area is 353 Å². The summed E-state index contributed by atoms with van der Waals surface area (Å²) in [6, 6.07) is 16.4. The summed E-state index contributed by atoms with van der Waals surface area (Å²) in [5, 5.41) is 33.9. The van der Waals surface area contributed by atoms with Gasteiger partial charge in [-0.1, -0.05) is 23.7 Å². The van der Waals surface area contributed by atoms with Crippen LogP contribution in [-0.2, 0) is 30.3 Å². The Bertz CT molecular complexity index is 2520. The van der Waals surface area contributed by atoms with Crippen molar-refractivity contribution in [3.63, 3.8) is 0 Å². The van der Waals surface area contributed by atoms with Gasteiger partial charge in [0.15, 0.2) is 0 Å². The van der Waals surface area contributed by atoms with Gasteiger partial charge in [-0.2, -0.15) is 4.68 Å². The summed E-state index contributed by atoms with van der Waals surface area (Å²) in [6.07, 6.45) is 4.00. The average Bonchev–Trinajstić information content (AvgIpc) is 3.93. The second-order valence-corrected chi connectivity index (χ2v) is 15.6. The smallest absolute Gasteiger partial charge is 0.416 e. The molecule has 316 valence electrons. The number of carboxylic acid groups (broad SMARTS) is 2. The number of methoxy groups -OCH3 is 1. The number of ether oxygens (including phenoxy) is 1. The summed E-state index contributed by atoms with van der Waals surface area (Å²) in [5.41, 5.74) is 1.82. The lowest BCUT2D eigenvalue weighted by Crippen LogP contribution is -2.60. The molecule has 4 amide bonds. The highest BCUT2D eigenvalue weighted by Gasteiger charge is 2.41. The number of nitrogens with zero attached hydrogens (tertiary/aromatic N) is 9. The molecular formula is C41H41ClN10O9. The van der Waals surface area contributed by atoms with Crippen molar-refractivity contribution >= 4 is 75.3 Å². The number of hydrogen-bond donors (Lipinski definition) is 3. The van der Waals surface area contributed by atoms with Crippen LogP contribution in [0.3, 0.4) is 0 Å². The molecule has 1 aliphatic carbocycles. The van der Waals surface area contributed by atoms with Gasteiger partial charge in [-0.05, 0) is 96.3 Å². The molecule has 19 nitrogen and oxygen atoms in total. The molecule has 0 unspecified atom stereocenters.